The molecule has 0 saturated heterocycles. The number of hydrogen-bond donors (Lipinski definition) is 1. The Morgan fingerprint density at radius 3 is 2.47 bits per heavy atom. The quantitative estimate of drug-likeness (QED) is 0.832. The van der Waals surface area contributed by atoms with E-state index in [4.69, 9.17) is 5.11 Å². The molecule has 1 rings (SSSR count). The molecule has 94 valence electrons. The minimum absolute atomic E-state index is 0.0460. The second-order valence-electron chi connectivity index (χ2n) is 3.67. The summed E-state index contributed by atoms with van der Waals surface area (Å²) in [7, 11) is 0. The zero-order valence-electron chi connectivity index (χ0n) is 8.67. The van der Waals surface area contributed by atoms with Gasteiger partial charge in [0.2, 0.25) is 0 Å². The van der Waals surface area contributed by atoms with Gasteiger partial charge in [-0.1, -0.05) is 12.1 Å². The van der Waals surface area contributed by atoms with Crippen LogP contribution in [0.2, 0.25) is 0 Å². The molecule has 1 aromatic carbocycles. The summed E-state index contributed by atoms with van der Waals surface area (Å²) in [6.45, 7) is 0. The fraction of sp³-hybridized carbons (Fsp3) is 0.364. The maximum atomic E-state index is 12.9. The van der Waals surface area contributed by atoms with Crippen LogP contribution >= 0.6 is 0 Å². The molecule has 1 unspecified atom stereocenters. The topological polar surface area (TPSA) is 37.3 Å². The van der Waals surface area contributed by atoms with Gasteiger partial charge in [0, 0.05) is 5.92 Å². The van der Waals surface area contributed by atoms with Gasteiger partial charge in [-0.25, -0.2) is 4.39 Å². The third-order valence-corrected chi connectivity index (χ3v) is 2.22. The van der Waals surface area contributed by atoms with Crippen LogP contribution in [-0.4, -0.2) is 17.3 Å². The van der Waals surface area contributed by atoms with Crippen LogP contribution in [0.5, 0.6) is 0 Å². The highest BCUT2D eigenvalue weighted by Gasteiger charge is 2.33. The van der Waals surface area contributed by atoms with Gasteiger partial charge < -0.3 is 5.11 Å². The van der Waals surface area contributed by atoms with Crippen LogP contribution in [0.25, 0.3) is 0 Å². The van der Waals surface area contributed by atoms with Crippen LogP contribution in [0, 0.1) is 5.82 Å². The summed E-state index contributed by atoms with van der Waals surface area (Å²) >= 11 is 0. The van der Waals surface area contributed by atoms with Crippen molar-refractivity contribution in [1.29, 1.82) is 0 Å². The Balaban J connectivity index is 2.93. The smallest absolute Gasteiger partial charge is 0.389 e. The van der Waals surface area contributed by atoms with Gasteiger partial charge in [0.25, 0.3) is 0 Å². The van der Waals surface area contributed by atoms with E-state index in [0.29, 0.717) is 0 Å². The highest BCUT2D eigenvalue weighted by atomic mass is 19.4. The molecule has 0 saturated carbocycles. The number of benzene rings is 1. The van der Waals surface area contributed by atoms with Crippen LogP contribution in [-0.2, 0) is 4.79 Å². The Hall–Kier alpha value is -1.59. The van der Waals surface area contributed by atoms with Crippen LogP contribution in [0.1, 0.15) is 24.3 Å². The van der Waals surface area contributed by atoms with Crippen molar-refractivity contribution in [2.45, 2.75) is 24.9 Å². The van der Waals surface area contributed by atoms with Crippen molar-refractivity contribution in [2.75, 3.05) is 0 Å². The Labute approximate surface area is 94.9 Å². The van der Waals surface area contributed by atoms with Gasteiger partial charge in [-0.3, -0.25) is 4.79 Å². The third kappa shape index (κ3) is 4.84. The maximum Gasteiger partial charge on any atom is 0.389 e. The zero-order valence-corrected chi connectivity index (χ0v) is 8.67. The summed E-state index contributed by atoms with van der Waals surface area (Å²) in [5.74, 6) is -3.29. The minimum Gasteiger partial charge on any atom is -0.481 e. The predicted octanol–water partition coefficient (Wildman–Crippen LogP) is 3.34. The number of carboxylic acids is 1. The molecule has 0 aliphatic heterocycles. The molecule has 2 nitrogen and oxygen atoms in total. The number of carboxylic acid groups (broad SMARTS) is 1. The van der Waals surface area contributed by atoms with Gasteiger partial charge in [-0.15, -0.1) is 0 Å². The molecular formula is C11H10F4O2. The largest absolute Gasteiger partial charge is 0.481 e. The van der Waals surface area contributed by atoms with Gasteiger partial charge in [0.1, 0.15) is 5.82 Å². The highest BCUT2D eigenvalue weighted by molar-refractivity contribution is 5.68. The molecule has 17 heavy (non-hydrogen) atoms. The first-order valence-corrected chi connectivity index (χ1v) is 4.82. The highest BCUT2D eigenvalue weighted by Crippen LogP contribution is 2.33. The van der Waals surface area contributed by atoms with Crippen LogP contribution < -0.4 is 0 Å². The van der Waals surface area contributed by atoms with Crippen molar-refractivity contribution < 1.29 is 27.5 Å². The Morgan fingerprint density at radius 1 is 1.35 bits per heavy atom. The van der Waals surface area contributed by atoms with E-state index >= 15 is 0 Å². The molecule has 0 aliphatic carbocycles. The summed E-state index contributed by atoms with van der Waals surface area (Å²) in [6.07, 6.45) is -6.43. The summed E-state index contributed by atoms with van der Waals surface area (Å²) in [5, 5.41) is 8.55. The van der Waals surface area contributed by atoms with E-state index in [0.717, 1.165) is 12.1 Å². The van der Waals surface area contributed by atoms with Crippen molar-refractivity contribution in [3.8, 4) is 0 Å². The average molecular weight is 250 g/mol. The second-order valence-corrected chi connectivity index (χ2v) is 3.67. The lowest BCUT2D eigenvalue weighted by atomic mass is 9.92. The summed E-state index contributed by atoms with van der Waals surface area (Å²) in [4.78, 5) is 10.5. The number of aliphatic carboxylic acids is 1. The second kappa shape index (κ2) is 5.16. The van der Waals surface area contributed by atoms with E-state index in [2.05, 4.69) is 0 Å². The maximum absolute atomic E-state index is 12.9. The van der Waals surface area contributed by atoms with Gasteiger partial charge in [0.15, 0.2) is 0 Å². The molecule has 1 atom stereocenters. The number of rotatable bonds is 4. The van der Waals surface area contributed by atoms with Crippen LogP contribution in [0.3, 0.4) is 0 Å². The number of alkyl halides is 3. The van der Waals surface area contributed by atoms with Crippen molar-refractivity contribution in [2.24, 2.45) is 0 Å². The van der Waals surface area contributed by atoms with Crippen LogP contribution in [0.4, 0.5) is 17.6 Å². The number of carbonyl (C=O) groups is 1. The van der Waals surface area contributed by atoms with Crippen molar-refractivity contribution in [3.63, 3.8) is 0 Å². The van der Waals surface area contributed by atoms with E-state index in [1.165, 1.54) is 12.1 Å². The first kappa shape index (κ1) is 13.5. The van der Waals surface area contributed by atoms with E-state index in [9.17, 15) is 22.4 Å². The first-order valence-electron chi connectivity index (χ1n) is 4.82. The number of hydrogen-bond acceptors (Lipinski definition) is 1. The van der Waals surface area contributed by atoms with Gasteiger partial charge in [0.05, 0.1) is 12.8 Å². The fourth-order valence-electron chi connectivity index (χ4n) is 1.56. The molecule has 1 aromatic rings. The molecule has 0 fully saturated rings. The van der Waals surface area contributed by atoms with Crippen molar-refractivity contribution in [3.05, 3.63) is 35.6 Å². The lowest BCUT2D eigenvalue weighted by Crippen LogP contribution is -2.16. The Kier molecular flexibility index (Phi) is 4.09. The van der Waals surface area contributed by atoms with Gasteiger partial charge in [-0.2, -0.15) is 13.2 Å². The summed E-state index contributed by atoms with van der Waals surface area (Å²) in [5.41, 5.74) is 0.0460. The number of halogens is 4. The van der Waals surface area contributed by atoms with Gasteiger partial charge in [-0.05, 0) is 17.7 Å². The van der Waals surface area contributed by atoms with E-state index in [1.807, 2.05) is 0 Å². The fourth-order valence-corrected chi connectivity index (χ4v) is 1.56. The molecule has 0 aromatic heterocycles. The molecule has 0 bridgehead atoms. The van der Waals surface area contributed by atoms with Crippen molar-refractivity contribution >= 4 is 5.97 Å². The Morgan fingerprint density at radius 2 is 2.00 bits per heavy atom. The predicted molar refractivity (Wildman–Crippen MR) is 52.1 cm³/mol. The molecular weight excluding hydrogens is 240 g/mol. The minimum atomic E-state index is -4.48. The van der Waals surface area contributed by atoms with Crippen molar-refractivity contribution in [1.82, 2.24) is 0 Å². The molecule has 0 amide bonds. The molecule has 0 spiro atoms. The lowest BCUT2D eigenvalue weighted by molar-refractivity contribution is -0.145. The lowest BCUT2D eigenvalue weighted by Gasteiger charge is -2.17. The summed E-state index contributed by atoms with van der Waals surface area (Å²) in [6, 6.07) is 4.58. The first-order chi connectivity index (χ1) is 7.78. The Bertz CT molecular complexity index is 401. The van der Waals surface area contributed by atoms with E-state index in [-0.39, 0.29) is 5.56 Å². The molecule has 0 radical (unpaired) electrons. The average Bonchev–Trinajstić information content (AvgIpc) is 2.13. The third-order valence-electron chi connectivity index (χ3n) is 2.22. The summed E-state index contributed by atoms with van der Waals surface area (Å²) < 4.78 is 49.6. The van der Waals surface area contributed by atoms with Crippen LogP contribution in [0.15, 0.2) is 24.3 Å². The SMILES string of the molecule is O=C(O)CC(CC(F)(F)F)c1cccc(F)c1. The van der Waals surface area contributed by atoms with Gasteiger partial charge >= 0.3 is 12.1 Å². The zero-order chi connectivity index (χ0) is 13.1. The molecule has 6 heteroatoms. The monoisotopic (exact) mass is 250 g/mol. The molecule has 1 N–H and O–H groups in total. The van der Waals surface area contributed by atoms with E-state index in [1.54, 1.807) is 0 Å². The normalized spacial score (nSPS) is 13.4. The molecule has 0 heterocycles. The standard InChI is InChI=1S/C11H10F4O2/c12-9-3-1-2-7(4-9)8(5-10(16)17)6-11(13,14)15/h1-4,8H,5-6H2,(H,16,17). The van der Waals surface area contributed by atoms with E-state index < -0.39 is 36.7 Å². The molecule has 0 aliphatic rings.